The molecule has 0 aromatic heterocycles. The molecule has 6 nitrogen and oxygen atoms in total. The van der Waals surface area contributed by atoms with Crippen LogP contribution < -0.4 is 15.5 Å². The third-order valence-electron chi connectivity index (χ3n) is 7.25. The van der Waals surface area contributed by atoms with Crippen molar-refractivity contribution in [2.45, 2.75) is 58.9 Å². The lowest BCUT2D eigenvalue weighted by Crippen LogP contribution is -2.43. The number of amides is 2. The van der Waals surface area contributed by atoms with E-state index in [0.717, 1.165) is 54.9 Å². The number of likely N-dealkylation sites (tertiary alicyclic amines) is 1. The van der Waals surface area contributed by atoms with Crippen LogP contribution >= 0.6 is 0 Å². The highest BCUT2D eigenvalue weighted by atomic mass is 16.2. The van der Waals surface area contributed by atoms with Crippen molar-refractivity contribution in [1.29, 1.82) is 0 Å². The first kappa shape index (κ1) is 24.3. The van der Waals surface area contributed by atoms with Gasteiger partial charge in [0.2, 0.25) is 0 Å². The monoisotopic (exact) mass is 462 g/mol. The van der Waals surface area contributed by atoms with Crippen molar-refractivity contribution in [3.05, 3.63) is 58.1 Å². The summed E-state index contributed by atoms with van der Waals surface area (Å²) in [6, 6.07) is 10.8. The van der Waals surface area contributed by atoms with Gasteiger partial charge < -0.3 is 15.5 Å². The van der Waals surface area contributed by atoms with Crippen molar-refractivity contribution in [2.24, 2.45) is 0 Å². The molecule has 4 rings (SSSR count). The number of fused-ring (bicyclic) bond motifs is 1. The van der Waals surface area contributed by atoms with Crippen molar-refractivity contribution in [3.8, 4) is 0 Å². The molecule has 34 heavy (non-hydrogen) atoms. The van der Waals surface area contributed by atoms with Gasteiger partial charge in [-0.3, -0.25) is 14.5 Å². The number of carbonyl (C=O) groups is 2. The van der Waals surface area contributed by atoms with Crippen molar-refractivity contribution >= 4 is 23.2 Å². The quantitative estimate of drug-likeness (QED) is 0.651. The van der Waals surface area contributed by atoms with E-state index in [1.165, 1.54) is 36.1 Å². The van der Waals surface area contributed by atoms with Crippen LogP contribution in [0.2, 0.25) is 0 Å². The smallest absolute Gasteiger partial charge is 0.313 e. The van der Waals surface area contributed by atoms with Gasteiger partial charge in [0.15, 0.2) is 0 Å². The third kappa shape index (κ3) is 5.44. The molecule has 1 atom stereocenters. The lowest BCUT2D eigenvalue weighted by molar-refractivity contribution is -0.136. The summed E-state index contributed by atoms with van der Waals surface area (Å²) < 4.78 is 0. The summed E-state index contributed by atoms with van der Waals surface area (Å²) in [5.41, 5.74) is 7.69. The molecule has 2 aliphatic rings. The molecule has 2 heterocycles. The highest BCUT2D eigenvalue weighted by Gasteiger charge is 2.26. The fraction of sp³-hybridized carbons (Fsp3) is 0.500. The molecule has 2 aromatic rings. The summed E-state index contributed by atoms with van der Waals surface area (Å²) in [6.07, 6.45) is 5.84. The molecular formula is C28H38N4O2. The van der Waals surface area contributed by atoms with E-state index >= 15 is 0 Å². The number of carbonyl (C=O) groups excluding carboxylic acids is 2. The van der Waals surface area contributed by atoms with Gasteiger partial charge in [0.25, 0.3) is 0 Å². The molecule has 2 aliphatic heterocycles. The van der Waals surface area contributed by atoms with Gasteiger partial charge in [0, 0.05) is 31.5 Å². The number of piperidine rings is 1. The number of hydrogen-bond acceptors (Lipinski definition) is 4. The van der Waals surface area contributed by atoms with Crippen LogP contribution in [0.5, 0.6) is 0 Å². The Morgan fingerprint density at radius 2 is 1.62 bits per heavy atom. The first-order valence-corrected chi connectivity index (χ1v) is 12.6. The second kappa shape index (κ2) is 10.6. The Balaban J connectivity index is 1.48. The maximum Gasteiger partial charge on any atom is 0.313 e. The number of nitrogens with zero attached hydrogens (tertiary/aromatic N) is 2. The summed E-state index contributed by atoms with van der Waals surface area (Å²) >= 11 is 0. The minimum Gasteiger partial charge on any atom is -0.374 e. The van der Waals surface area contributed by atoms with Crippen LogP contribution in [0.3, 0.4) is 0 Å². The number of anilines is 2. The third-order valence-corrected chi connectivity index (χ3v) is 7.25. The molecule has 182 valence electrons. The zero-order chi connectivity index (χ0) is 24.2. The van der Waals surface area contributed by atoms with Crippen molar-refractivity contribution in [1.82, 2.24) is 10.2 Å². The van der Waals surface area contributed by atoms with Gasteiger partial charge >= 0.3 is 11.8 Å². The molecule has 1 saturated heterocycles. The summed E-state index contributed by atoms with van der Waals surface area (Å²) in [7, 11) is 2.15. The first-order chi connectivity index (χ1) is 16.3. The number of nitrogens with one attached hydrogen (secondary N) is 2. The number of aryl methyl sites for hydroxylation is 4. The van der Waals surface area contributed by atoms with Gasteiger partial charge in [-0.1, -0.05) is 36.2 Å². The topological polar surface area (TPSA) is 64.7 Å². The Bertz CT molecular complexity index is 1040. The Hall–Kier alpha value is -2.86. The normalized spacial score (nSPS) is 17.1. The Morgan fingerprint density at radius 3 is 2.32 bits per heavy atom. The van der Waals surface area contributed by atoms with Gasteiger partial charge in [-0.05, 0) is 87.9 Å². The second-order valence-corrected chi connectivity index (χ2v) is 9.96. The van der Waals surface area contributed by atoms with Crippen LogP contribution in [-0.2, 0) is 16.0 Å². The van der Waals surface area contributed by atoms with E-state index in [-0.39, 0.29) is 6.04 Å². The molecule has 2 amide bonds. The molecule has 6 heteroatoms. The molecule has 0 aliphatic carbocycles. The van der Waals surface area contributed by atoms with Crippen LogP contribution in [0, 0.1) is 20.8 Å². The fourth-order valence-electron chi connectivity index (χ4n) is 5.52. The summed E-state index contributed by atoms with van der Waals surface area (Å²) in [6.45, 7) is 9.48. The minimum absolute atomic E-state index is 0.0671. The first-order valence-electron chi connectivity index (χ1n) is 12.6. The van der Waals surface area contributed by atoms with E-state index < -0.39 is 11.8 Å². The summed E-state index contributed by atoms with van der Waals surface area (Å²) in [5, 5.41) is 5.76. The van der Waals surface area contributed by atoms with Crippen molar-refractivity contribution < 1.29 is 9.59 Å². The molecule has 0 saturated carbocycles. The minimum atomic E-state index is -0.612. The zero-order valence-corrected chi connectivity index (χ0v) is 21.0. The SMILES string of the molecule is Cc1cc(C)c(NC(=O)C(=O)NC[C@H](c2ccc3c(c2)CCCN3C)N2CCCCC2)c(C)c1. The van der Waals surface area contributed by atoms with E-state index in [0.29, 0.717) is 6.54 Å². The van der Waals surface area contributed by atoms with Crippen LogP contribution in [0.25, 0.3) is 0 Å². The van der Waals surface area contributed by atoms with Gasteiger partial charge in [-0.2, -0.15) is 0 Å². The number of hydrogen-bond donors (Lipinski definition) is 2. The highest BCUT2D eigenvalue weighted by Crippen LogP contribution is 2.31. The number of benzene rings is 2. The maximum atomic E-state index is 12.8. The number of rotatable bonds is 5. The average Bonchev–Trinajstić information content (AvgIpc) is 2.82. The molecule has 0 spiro atoms. The predicted molar refractivity (Wildman–Crippen MR) is 138 cm³/mol. The zero-order valence-electron chi connectivity index (χ0n) is 21.0. The lowest BCUT2D eigenvalue weighted by Gasteiger charge is -2.36. The summed E-state index contributed by atoms with van der Waals surface area (Å²) in [5.74, 6) is -1.20. The molecule has 2 N–H and O–H groups in total. The van der Waals surface area contributed by atoms with E-state index in [9.17, 15) is 9.59 Å². The van der Waals surface area contributed by atoms with Crippen LogP contribution in [-0.4, -0.2) is 49.9 Å². The van der Waals surface area contributed by atoms with Crippen LogP contribution in [0.1, 0.15) is 59.5 Å². The second-order valence-electron chi connectivity index (χ2n) is 9.96. The Labute approximate surface area is 203 Å². The Morgan fingerprint density at radius 1 is 0.912 bits per heavy atom. The van der Waals surface area contributed by atoms with Crippen LogP contribution in [0.15, 0.2) is 30.3 Å². The molecule has 0 radical (unpaired) electrons. The van der Waals surface area contributed by atoms with E-state index in [1.54, 1.807) is 0 Å². The maximum absolute atomic E-state index is 12.8. The van der Waals surface area contributed by atoms with Crippen molar-refractivity contribution in [3.63, 3.8) is 0 Å². The van der Waals surface area contributed by atoms with Gasteiger partial charge in [0.05, 0.1) is 6.04 Å². The average molecular weight is 463 g/mol. The molecule has 1 fully saturated rings. The van der Waals surface area contributed by atoms with Gasteiger partial charge in [-0.15, -0.1) is 0 Å². The molecular weight excluding hydrogens is 424 g/mol. The largest absolute Gasteiger partial charge is 0.374 e. The van der Waals surface area contributed by atoms with Gasteiger partial charge in [0.1, 0.15) is 0 Å². The Kier molecular flexibility index (Phi) is 7.57. The molecule has 2 aromatic carbocycles. The highest BCUT2D eigenvalue weighted by molar-refractivity contribution is 6.39. The van der Waals surface area contributed by atoms with Crippen LogP contribution in [0.4, 0.5) is 11.4 Å². The van der Waals surface area contributed by atoms with Crippen molar-refractivity contribution in [2.75, 3.05) is 43.4 Å². The predicted octanol–water partition coefficient (Wildman–Crippen LogP) is 4.28. The van der Waals surface area contributed by atoms with Gasteiger partial charge in [-0.25, -0.2) is 0 Å². The van der Waals surface area contributed by atoms with E-state index in [4.69, 9.17) is 0 Å². The van der Waals surface area contributed by atoms with E-state index in [2.05, 4.69) is 45.7 Å². The molecule has 0 unspecified atom stereocenters. The standard InChI is InChI=1S/C28H38N4O2/c1-19-15-20(2)26(21(3)16-19)30-28(34)27(33)29-18-25(32-13-6-5-7-14-32)23-10-11-24-22(17-23)9-8-12-31(24)4/h10-11,15-17,25H,5-9,12-14,18H2,1-4H3,(H,29,33)(H,30,34)/t25-/m1/s1. The molecule has 0 bridgehead atoms. The fourth-order valence-corrected chi connectivity index (χ4v) is 5.52. The summed E-state index contributed by atoms with van der Waals surface area (Å²) in [4.78, 5) is 30.3. The van der Waals surface area contributed by atoms with E-state index in [1.807, 2.05) is 32.9 Å². The lowest BCUT2D eigenvalue weighted by atomic mass is 9.95.